The van der Waals surface area contributed by atoms with Crippen molar-refractivity contribution < 1.29 is 4.79 Å². The van der Waals surface area contributed by atoms with Crippen molar-refractivity contribution in [2.24, 2.45) is 0 Å². The van der Waals surface area contributed by atoms with E-state index in [4.69, 9.17) is 0 Å². The smallest absolute Gasteiger partial charge is 0.273 e. The highest BCUT2D eigenvalue weighted by Gasteiger charge is 2.19. The number of aromatic nitrogens is 5. The molecule has 0 bridgehead atoms. The van der Waals surface area contributed by atoms with E-state index in [1.54, 1.807) is 10.9 Å². The number of carbonyl (C=O) groups is 1. The van der Waals surface area contributed by atoms with Gasteiger partial charge >= 0.3 is 0 Å². The molecule has 0 saturated heterocycles. The van der Waals surface area contributed by atoms with E-state index in [-0.39, 0.29) is 5.91 Å². The molecular weight excluding hydrogens is 328 g/mol. The number of H-pyrrole nitrogens is 1. The van der Waals surface area contributed by atoms with Crippen molar-refractivity contribution >= 4 is 12.0 Å². The number of hydrogen-bond donors (Lipinski definition) is 2. The summed E-state index contributed by atoms with van der Waals surface area (Å²) in [4.78, 5) is 12.3. The molecule has 0 radical (unpaired) electrons. The first-order valence-corrected chi connectivity index (χ1v) is 8.74. The minimum Gasteiger partial charge on any atom is -0.345 e. The Morgan fingerprint density at radius 1 is 1.27 bits per heavy atom. The number of nitrogens with zero attached hydrogens (tertiary/aromatic N) is 4. The van der Waals surface area contributed by atoms with Crippen LogP contribution in [-0.4, -0.2) is 31.1 Å². The zero-order valence-corrected chi connectivity index (χ0v) is 14.4. The van der Waals surface area contributed by atoms with Gasteiger partial charge in [-0.3, -0.25) is 9.89 Å². The van der Waals surface area contributed by atoms with Crippen LogP contribution in [0.1, 0.15) is 39.4 Å². The van der Waals surface area contributed by atoms with E-state index in [9.17, 15) is 4.79 Å². The lowest BCUT2D eigenvalue weighted by atomic mass is 10.2. The van der Waals surface area contributed by atoms with Crippen LogP contribution in [0.5, 0.6) is 0 Å². The lowest BCUT2D eigenvalue weighted by Gasteiger charge is -2.01. The van der Waals surface area contributed by atoms with E-state index >= 15 is 0 Å². The molecule has 0 unspecified atom stereocenters. The Kier molecular flexibility index (Phi) is 4.59. The van der Waals surface area contributed by atoms with Gasteiger partial charge in [-0.2, -0.15) is 5.10 Å². The van der Waals surface area contributed by atoms with Crippen molar-refractivity contribution in [1.82, 2.24) is 30.5 Å². The number of fused-ring (bicyclic) bond motifs is 1. The third-order valence-electron chi connectivity index (χ3n) is 4.48. The maximum atomic E-state index is 12.3. The molecule has 2 heterocycles. The molecule has 1 aliphatic carbocycles. The molecule has 0 spiro atoms. The summed E-state index contributed by atoms with van der Waals surface area (Å²) in [6.07, 6.45) is 8.87. The standard InChI is InChI=1S/C19H20N6O/c26-19(20-12-17-15-9-4-10-16(15)21-22-17)18-13-25(24-23-18)11-5-8-14-6-2-1-3-7-14/h1-3,5-8,13H,4,9-12H2,(H,20,26)(H,21,22). The van der Waals surface area contributed by atoms with Gasteiger partial charge in [0.15, 0.2) is 5.69 Å². The number of allylic oxidation sites excluding steroid dienone is 1. The Labute approximate surface area is 151 Å². The Balaban J connectivity index is 1.32. The molecule has 3 aromatic rings. The van der Waals surface area contributed by atoms with Crippen molar-refractivity contribution in [3.05, 3.63) is 70.8 Å². The van der Waals surface area contributed by atoms with E-state index in [1.165, 1.54) is 11.3 Å². The monoisotopic (exact) mass is 348 g/mol. The van der Waals surface area contributed by atoms with Gasteiger partial charge in [-0.25, -0.2) is 4.68 Å². The van der Waals surface area contributed by atoms with Gasteiger partial charge in [-0.1, -0.05) is 47.7 Å². The fraction of sp³-hybridized carbons (Fsp3) is 0.263. The van der Waals surface area contributed by atoms with Gasteiger partial charge in [0.1, 0.15) is 0 Å². The van der Waals surface area contributed by atoms with Crippen molar-refractivity contribution in [2.45, 2.75) is 32.4 Å². The van der Waals surface area contributed by atoms with Crippen LogP contribution in [0.4, 0.5) is 0 Å². The summed E-state index contributed by atoms with van der Waals surface area (Å²) < 4.78 is 1.64. The molecule has 1 amide bonds. The van der Waals surface area contributed by atoms with Crippen molar-refractivity contribution in [1.29, 1.82) is 0 Å². The van der Waals surface area contributed by atoms with Gasteiger partial charge in [-0.15, -0.1) is 5.10 Å². The van der Waals surface area contributed by atoms with Gasteiger partial charge in [0.05, 0.1) is 25.0 Å². The lowest BCUT2D eigenvalue weighted by molar-refractivity contribution is 0.0945. The zero-order valence-electron chi connectivity index (χ0n) is 14.4. The van der Waals surface area contributed by atoms with E-state index in [0.717, 1.165) is 30.5 Å². The van der Waals surface area contributed by atoms with Crippen LogP contribution in [0.15, 0.2) is 42.6 Å². The largest absolute Gasteiger partial charge is 0.345 e. The third kappa shape index (κ3) is 3.56. The predicted molar refractivity (Wildman–Crippen MR) is 97.3 cm³/mol. The molecule has 1 aliphatic rings. The van der Waals surface area contributed by atoms with Gasteiger partial charge in [0.25, 0.3) is 5.91 Å². The highest BCUT2D eigenvalue weighted by molar-refractivity contribution is 5.91. The second kappa shape index (κ2) is 7.35. The fourth-order valence-corrected chi connectivity index (χ4v) is 3.14. The number of amides is 1. The molecule has 1 aromatic carbocycles. The molecule has 7 nitrogen and oxygen atoms in total. The van der Waals surface area contributed by atoms with E-state index < -0.39 is 0 Å². The number of benzene rings is 1. The van der Waals surface area contributed by atoms with Gasteiger partial charge in [-0.05, 0) is 30.4 Å². The minimum absolute atomic E-state index is 0.238. The summed E-state index contributed by atoms with van der Waals surface area (Å²) in [5.41, 5.74) is 4.80. The van der Waals surface area contributed by atoms with Crippen molar-refractivity contribution in [2.75, 3.05) is 0 Å². The molecule has 4 rings (SSSR count). The summed E-state index contributed by atoms with van der Waals surface area (Å²) in [6.45, 7) is 0.966. The number of rotatable bonds is 6. The summed E-state index contributed by atoms with van der Waals surface area (Å²) in [5, 5.41) is 18.2. The van der Waals surface area contributed by atoms with Crippen LogP contribution in [0.25, 0.3) is 6.08 Å². The highest BCUT2D eigenvalue weighted by Crippen LogP contribution is 2.22. The van der Waals surface area contributed by atoms with Crippen LogP contribution in [-0.2, 0) is 25.9 Å². The van der Waals surface area contributed by atoms with Crippen LogP contribution < -0.4 is 5.32 Å². The molecule has 132 valence electrons. The Morgan fingerprint density at radius 2 is 2.15 bits per heavy atom. The fourth-order valence-electron chi connectivity index (χ4n) is 3.14. The molecule has 2 aromatic heterocycles. The molecule has 0 aliphatic heterocycles. The maximum absolute atomic E-state index is 12.3. The SMILES string of the molecule is O=C(NCc1n[nH]c2c1CCC2)c1cn(CC=Cc2ccccc2)nn1. The summed E-state index contributed by atoms with van der Waals surface area (Å²) in [7, 11) is 0. The third-order valence-corrected chi connectivity index (χ3v) is 4.48. The Morgan fingerprint density at radius 3 is 3.04 bits per heavy atom. The van der Waals surface area contributed by atoms with Crippen molar-refractivity contribution in [3.8, 4) is 0 Å². The van der Waals surface area contributed by atoms with Crippen molar-refractivity contribution in [3.63, 3.8) is 0 Å². The van der Waals surface area contributed by atoms with Crippen LogP contribution in [0, 0.1) is 0 Å². The quantitative estimate of drug-likeness (QED) is 0.714. The molecule has 0 atom stereocenters. The average molecular weight is 348 g/mol. The van der Waals surface area contributed by atoms with E-state index in [2.05, 4.69) is 25.8 Å². The van der Waals surface area contributed by atoms with Crippen LogP contribution in [0.3, 0.4) is 0 Å². The number of carbonyl (C=O) groups excluding carboxylic acids is 1. The first-order chi connectivity index (χ1) is 12.8. The minimum atomic E-state index is -0.238. The Bertz CT molecular complexity index is 925. The molecule has 2 N–H and O–H groups in total. The van der Waals surface area contributed by atoms with Crippen LogP contribution in [0.2, 0.25) is 0 Å². The van der Waals surface area contributed by atoms with Gasteiger partial charge in [0, 0.05) is 5.69 Å². The predicted octanol–water partition coefficient (Wildman–Crippen LogP) is 2.13. The second-order valence-electron chi connectivity index (χ2n) is 6.30. The average Bonchev–Trinajstić information content (AvgIpc) is 3.38. The molecule has 0 fully saturated rings. The summed E-state index contributed by atoms with van der Waals surface area (Å²) in [5.74, 6) is -0.238. The van der Waals surface area contributed by atoms with E-state index in [0.29, 0.717) is 18.8 Å². The topological polar surface area (TPSA) is 88.5 Å². The van der Waals surface area contributed by atoms with Crippen LogP contribution >= 0.6 is 0 Å². The lowest BCUT2D eigenvalue weighted by Crippen LogP contribution is -2.23. The molecule has 0 saturated carbocycles. The Hall–Kier alpha value is -3.22. The maximum Gasteiger partial charge on any atom is 0.273 e. The first kappa shape index (κ1) is 16.3. The van der Waals surface area contributed by atoms with Gasteiger partial charge < -0.3 is 5.32 Å². The van der Waals surface area contributed by atoms with Gasteiger partial charge in [0.2, 0.25) is 0 Å². The molecule has 26 heavy (non-hydrogen) atoms. The number of aryl methyl sites for hydroxylation is 1. The zero-order chi connectivity index (χ0) is 17.8. The molecular formula is C19H20N6O. The number of hydrogen-bond acceptors (Lipinski definition) is 4. The molecule has 7 heteroatoms. The summed E-state index contributed by atoms with van der Waals surface area (Å²) in [6, 6.07) is 10.0. The normalized spacial score (nSPS) is 13.2. The van der Waals surface area contributed by atoms with E-state index in [1.807, 2.05) is 42.5 Å². The second-order valence-corrected chi connectivity index (χ2v) is 6.30. The number of nitrogens with one attached hydrogen (secondary N) is 2. The highest BCUT2D eigenvalue weighted by atomic mass is 16.2. The number of aromatic amines is 1. The summed E-state index contributed by atoms with van der Waals surface area (Å²) >= 11 is 0. The first-order valence-electron chi connectivity index (χ1n) is 8.74.